The summed E-state index contributed by atoms with van der Waals surface area (Å²) < 4.78 is 17.9. The van der Waals surface area contributed by atoms with Crippen molar-refractivity contribution in [3.8, 4) is 0 Å². The van der Waals surface area contributed by atoms with Gasteiger partial charge in [-0.3, -0.25) is 0 Å². The lowest BCUT2D eigenvalue weighted by molar-refractivity contribution is -0.0506. The number of rotatable bonds is 5. The molecule has 0 aromatic heterocycles. The van der Waals surface area contributed by atoms with E-state index in [1.54, 1.807) is 0 Å². The van der Waals surface area contributed by atoms with Crippen molar-refractivity contribution in [2.45, 2.75) is 89.9 Å². The maximum Gasteiger partial charge on any atom is 0.147 e. The standard InChI is InChI=1S/C20H34O3/c1-14-4-3-5-16(10-14)12-21-15(2)20(8-9-20)17-6-7-18-19(11-17)23-13-22-18/h14-19H,3-13H2,1-2H3. The summed E-state index contributed by atoms with van der Waals surface area (Å²) >= 11 is 0. The first kappa shape index (κ1) is 16.4. The Kier molecular flexibility index (Phi) is 4.73. The van der Waals surface area contributed by atoms with Gasteiger partial charge in [-0.1, -0.05) is 19.8 Å². The first-order chi connectivity index (χ1) is 11.2. The van der Waals surface area contributed by atoms with E-state index >= 15 is 0 Å². The van der Waals surface area contributed by atoms with Crippen LogP contribution in [0.5, 0.6) is 0 Å². The summed E-state index contributed by atoms with van der Waals surface area (Å²) in [5.74, 6) is 2.49. The molecule has 0 N–H and O–H groups in total. The normalized spacial score (nSPS) is 43.8. The van der Waals surface area contributed by atoms with Gasteiger partial charge in [0.05, 0.1) is 18.3 Å². The predicted molar refractivity (Wildman–Crippen MR) is 90.2 cm³/mol. The second kappa shape index (κ2) is 6.65. The summed E-state index contributed by atoms with van der Waals surface area (Å²) in [5, 5.41) is 0. The van der Waals surface area contributed by atoms with Crippen molar-refractivity contribution in [2.75, 3.05) is 13.4 Å². The van der Waals surface area contributed by atoms with Crippen molar-refractivity contribution in [1.82, 2.24) is 0 Å². The van der Waals surface area contributed by atoms with Gasteiger partial charge in [-0.05, 0) is 75.0 Å². The summed E-state index contributed by atoms with van der Waals surface area (Å²) in [6, 6.07) is 0. The van der Waals surface area contributed by atoms with Crippen LogP contribution < -0.4 is 0 Å². The molecule has 4 fully saturated rings. The van der Waals surface area contributed by atoms with Gasteiger partial charge in [-0.15, -0.1) is 0 Å². The average Bonchev–Trinajstić information content (AvgIpc) is 3.24. The molecule has 0 amide bonds. The third-order valence-electron chi connectivity index (χ3n) is 7.37. The van der Waals surface area contributed by atoms with Crippen LogP contribution in [0.3, 0.4) is 0 Å². The Balaban J connectivity index is 1.30. The minimum atomic E-state index is 0.359. The van der Waals surface area contributed by atoms with Crippen LogP contribution in [0.25, 0.3) is 0 Å². The fourth-order valence-electron chi connectivity index (χ4n) is 5.65. The Morgan fingerprint density at radius 2 is 1.87 bits per heavy atom. The molecule has 0 spiro atoms. The molecule has 1 saturated heterocycles. The monoisotopic (exact) mass is 322 g/mol. The maximum atomic E-state index is 6.45. The summed E-state index contributed by atoms with van der Waals surface area (Å²) in [5.41, 5.74) is 0.456. The number of hydrogen-bond acceptors (Lipinski definition) is 3. The fourth-order valence-corrected chi connectivity index (χ4v) is 5.65. The molecule has 3 nitrogen and oxygen atoms in total. The van der Waals surface area contributed by atoms with E-state index in [-0.39, 0.29) is 0 Å². The van der Waals surface area contributed by atoms with Crippen molar-refractivity contribution in [3.05, 3.63) is 0 Å². The van der Waals surface area contributed by atoms with E-state index in [0.717, 1.165) is 24.4 Å². The van der Waals surface area contributed by atoms with Gasteiger partial charge in [0.25, 0.3) is 0 Å². The quantitative estimate of drug-likeness (QED) is 0.744. The second-order valence-corrected chi connectivity index (χ2v) is 8.88. The van der Waals surface area contributed by atoms with E-state index in [2.05, 4.69) is 13.8 Å². The molecular weight excluding hydrogens is 288 g/mol. The zero-order valence-corrected chi connectivity index (χ0v) is 15.0. The smallest absolute Gasteiger partial charge is 0.147 e. The molecule has 6 atom stereocenters. The molecule has 4 aliphatic rings. The van der Waals surface area contributed by atoms with Crippen molar-refractivity contribution in [2.24, 2.45) is 23.2 Å². The van der Waals surface area contributed by atoms with Gasteiger partial charge in [0.1, 0.15) is 6.79 Å². The molecule has 1 heterocycles. The molecule has 3 heteroatoms. The highest BCUT2D eigenvalue weighted by Crippen LogP contribution is 2.60. The van der Waals surface area contributed by atoms with Gasteiger partial charge in [0, 0.05) is 6.61 Å². The highest BCUT2D eigenvalue weighted by molar-refractivity contribution is 5.05. The van der Waals surface area contributed by atoms with Crippen LogP contribution in [0.2, 0.25) is 0 Å². The molecule has 4 rings (SSSR count). The number of ether oxygens (including phenoxy) is 3. The molecule has 0 bridgehead atoms. The second-order valence-electron chi connectivity index (χ2n) is 8.88. The first-order valence-electron chi connectivity index (χ1n) is 10.0. The van der Waals surface area contributed by atoms with Crippen LogP contribution in [0.15, 0.2) is 0 Å². The first-order valence-corrected chi connectivity index (χ1v) is 10.0. The summed E-state index contributed by atoms with van der Waals surface area (Å²) in [6.45, 7) is 6.25. The Morgan fingerprint density at radius 3 is 2.65 bits per heavy atom. The summed E-state index contributed by atoms with van der Waals surface area (Å²) in [4.78, 5) is 0. The highest BCUT2D eigenvalue weighted by Gasteiger charge is 2.56. The van der Waals surface area contributed by atoms with Gasteiger partial charge in [0.15, 0.2) is 0 Å². The Morgan fingerprint density at radius 1 is 1.04 bits per heavy atom. The van der Waals surface area contributed by atoms with E-state index in [9.17, 15) is 0 Å². The molecule has 0 aromatic rings. The number of hydrogen-bond donors (Lipinski definition) is 0. The maximum absolute atomic E-state index is 6.45. The fraction of sp³-hybridized carbons (Fsp3) is 1.00. The molecule has 1 aliphatic heterocycles. The molecule has 0 radical (unpaired) electrons. The van der Waals surface area contributed by atoms with Crippen LogP contribution in [0.4, 0.5) is 0 Å². The Bertz CT molecular complexity index is 406. The predicted octanol–water partition coefficient (Wildman–Crippen LogP) is 4.54. The van der Waals surface area contributed by atoms with E-state index in [1.807, 2.05) is 0 Å². The average molecular weight is 322 g/mol. The lowest BCUT2D eigenvalue weighted by Gasteiger charge is -2.38. The van der Waals surface area contributed by atoms with E-state index in [0.29, 0.717) is 30.5 Å². The molecule has 6 unspecified atom stereocenters. The van der Waals surface area contributed by atoms with E-state index < -0.39 is 0 Å². The topological polar surface area (TPSA) is 27.7 Å². The largest absolute Gasteiger partial charge is 0.378 e. The van der Waals surface area contributed by atoms with Crippen LogP contribution in [0, 0.1) is 23.2 Å². The Hall–Kier alpha value is -0.120. The van der Waals surface area contributed by atoms with E-state index in [4.69, 9.17) is 14.2 Å². The van der Waals surface area contributed by atoms with Crippen LogP contribution in [0.1, 0.15) is 71.6 Å². The SMILES string of the molecule is CC1CCCC(COC(C)C2(C3CCC4OCOC4C3)CC2)C1. The third-order valence-corrected chi connectivity index (χ3v) is 7.37. The van der Waals surface area contributed by atoms with Gasteiger partial charge in [-0.25, -0.2) is 0 Å². The van der Waals surface area contributed by atoms with Crippen molar-refractivity contribution < 1.29 is 14.2 Å². The lowest BCUT2D eigenvalue weighted by Crippen LogP contribution is -2.39. The molecule has 3 aliphatic carbocycles. The van der Waals surface area contributed by atoms with Crippen LogP contribution in [-0.4, -0.2) is 31.7 Å². The Labute approximate surface area is 141 Å². The molecule has 3 saturated carbocycles. The molecule has 132 valence electrons. The van der Waals surface area contributed by atoms with Crippen molar-refractivity contribution in [1.29, 1.82) is 0 Å². The third kappa shape index (κ3) is 3.34. The van der Waals surface area contributed by atoms with Crippen molar-refractivity contribution in [3.63, 3.8) is 0 Å². The van der Waals surface area contributed by atoms with Gasteiger partial charge >= 0.3 is 0 Å². The van der Waals surface area contributed by atoms with Gasteiger partial charge in [0.2, 0.25) is 0 Å². The summed E-state index contributed by atoms with van der Waals surface area (Å²) in [7, 11) is 0. The molecular formula is C20H34O3. The molecule has 23 heavy (non-hydrogen) atoms. The van der Waals surface area contributed by atoms with Gasteiger partial charge < -0.3 is 14.2 Å². The lowest BCUT2D eigenvalue weighted by atomic mass is 9.73. The zero-order valence-electron chi connectivity index (χ0n) is 15.0. The van der Waals surface area contributed by atoms with Crippen LogP contribution in [-0.2, 0) is 14.2 Å². The highest BCUT2D eigenvalue weighted by atomic mass is 16.7. The van der Waals surface area contributed by atoms with E-state index in [1.165, 1.54) is 57.8 Å². The molecule has 0 aromatic carbocycles. The van der Waals surface area contributed by atoms with Crippen molar-refractivity contribution >= 4 is 0 Å². The number of fused-ring (bicyclic) bond motifs is 1. The minimum absolute atomic E-state index is 0.359. The van der Waals surface area contributed by atoms with Crippen LogP contribution >= 0.6 is 0 Å². The minimum Gasteiger partial charge on any atom is -0.378 e. The summed E-state index contributed by atoms with van der Waals surface area (Å²) in [6.07, 6.45) is 13.1. The van der Waals surface area contributed by atoms with Gasteiger partial charge in [-0.2, -0.15) is 0 Å². The zero-order chi connectivity index (χ0) is 15.9.